The Balaban J connectivity index is 1.99. The Bertz CT molecular complexity index is 1040. The first-order valence-electron chi connectivity index (χ1n) is 15.2. The van der Waals surface area contributed by atoms with Gasteiger partial charge in [0.05, 0.1) is 26.0 Å². The van der Waals surface area contributed by atoms with Gasteiger partial charge in [-0.05, 0) is 54.7 Å². The van der Waals surface area contributed by atoms with Crippen LogP contribution in [0.25, 0.3) is 0 Å². The average molecular weight is 590 g/mol. The minimum absolute atomic E-state index is 0.0559. The summed E-state index contributed by atoms with van der Waals surface area (Å²) >= 11 is 0. The van der Waals surface area contributed by atoms with Crippen LogP contribution in [-0.4, -0.2) is 72.1 Å². The Morgan fingerprint density at radius 2 is 1.83 bits per heavy atom. The van der Waals surface area contributed by atoms with Crippen LogP contribution in [0.5, 0.6) is 11.5 Å². The van der Waals surface area contributed by atoms with Crippen molar-refractivity contribution in [3.05, 3.63) is 36.2 Å². The number of carbonyl (C=O) groups is 1. The van der Waals surface area contributed by atoms with Crippen molar-refractivity contribution in [3.63, 3.8) is 0 Å². The van der Waals surface area contributed by atoms with Gasteiger partial charge in [0.25, 0.3) is 0 Å². The first-order chi connectivity index (χ1) is 19.9. The molecular weight excluding hydrogens is 534 g/mol. The summed E-state index contributed by atoms with van der Waals surface area (Å²) in [7, 11) is 3.32. The van der Waals surface area contributed by atoms with E-state index in [9.17, 15) is 9.90 Å². The highest BCUT2D eigenvalue weighted by molar-refractivity contribution is 5.79. The molecule has 0 fully saturated rings. The van der Waals surface area contributed by atoms with Gasteiger partial charge in [-0.15, -0.1) is 5.10 Å². The van der Waals surface area contributed by atoms with Gasteiger partial charge in [0.1, 0.15) is 0 Å². The van der Waals surface area contributed by atoms with E-state index in [4.69, 9.17) is 19.9 Å². The van der Waals surface area contributed by atoms with Gasteiger partial charge in [-0.25, -0.2) is 0 Å². The quantitative estimate of drug-likeness (QED) is 0.197. The summed E-state index contributed by atoms with van der Waals surface area (Å²) in [5, 5.41) is 22.2. The number of aliphatic hydroxyl groups is 1. The minimum atomic E-state index is -0.789. The smallest absolute Gasteiger partial charge is 0.223 e. The minimum Gasteiger partial charge on any atom is -0.493 e. The van der Waals surface area contributed by atoms with Crippen molar-refractivity contribution in [1.82, 2.24) is 20.3 Å². The number of carbonyl (C=O) groups excluding carboxylic acids is 1. The maximum Gasteiger partial charge on any atom is 0.223 e. The molecule has 0 aliphatic carbocycles. The van der Waals surface area contributed by atoms with Crippen molar-refractivity contribution in [2.75, 3.05) is 34.0 Å². The number of methoxy groups -OCH3 is 2. The van der Waals surface area contributed by atoms with Gasteiger partial charge in [0, 0.05) is 56.8 Å². The molecule has 1 aromatic carbocycles. The molecule has 0 radical (unpaired) electrons. The molecule has 42 heavy (non-hydrogen) atoms. The Morgan fingerprint density at radius 3 is 2.43 bits per heavy atom. The molecule has 1 aromatic heterocycles. The van der Waals surface area contributed by atoms with E-state index in [-0.39, 0.29) is 29.1 Å². The molecule has 1 heterocycles. The number of aromatic nitrogens is 3. The highest BCUT2D eigenvalue weighted by Crippen LogP contribution is 2.32. The maximum absolute atomic E-state index is 13.2. The number of hydrogen-bond donors (Lipinski definition) is 3. The molecule has 4 N–H and O–H groups in total. The molecule has 2 rings (SSSR count). The number of rotatable bonds is 20. The van der Waals surface area contributed by atoms with Crippen molar-refractivity contribution >= 4 is 5.91 Å². The van der Waals surface area contributed by atoms with Crippen LogP contribution < -0.4 is 20.5 Å². The summed E-state index contributed by atoms with van der Waals surface area (Å²) in [6.07, 6.45) is 5.23. The standard InChI is InChI=1S/C32H55N5O5/c1-22(2)25(16-24-10-11-29(41-8)30(17-24)42-15-9-14-40-7)18-27(33)28(38)19-26(23(3)4)31(39)34-20-32(5,6)21-37-13-12-35-36-37/h10-13,17,22-23,25-28,38H,9,14-16,18-21,33H2,1-8H3,(H,34,39)/t25-,26-,27-,28-/m0/s1. The van der Waals surface area contributed by atoms with E-state index < -0.39 is 12.1 Å². The largest absolute Gasteiger partial charge is 0.493 e. The third kappa shape index (κ3) is 11.9. The van der Waals surface area contributed by atoms with Crippen LogP contribution in [0.15, 0.2) is 30.6 Å². The summed E-state index contributed by atoms with van der Waals surface area (Å²) < 4.78 is 18.3. The first-order valence-corrected chi connectivity index (χ1v) is 15.2. The van der Waals surface area contributed by atoms with Crippen LogP contribution in [-0.2, 0) is 22.5 Å². The fraction of sp³-hybridized carbons (Fsp3) is 0.719. The molecule has 4 atom stereocenters. The van der Waals surface area contributed by atoms with E-state index in [0.29, 0.717) is 56.6 Å². The summed E-state index contributed by atoms with van der Waals surface area (Å²) in [6.45, 7) is 14.9. The third-order valence-electron chi connectivity index (χ3n) is 7.93. The fourth-order valence-electron chi connectivity index (χ4n) is 5.13. The molecule has 1 amide bonds. The number of hydrogen-bond acceptors (Lipinski definition) is 8. The summed E-state index contributed by atoms with van der Waals surface area (Å²) in [5.41, 5.74) is 7.52. The number of benzene rings is 1. The lowest BCUT2D eigenvalue weighted by Gasteiger charge is -2.31. The second-order valence-electron chi connectivity index (χ2n) is 12.9. The van der Waals surface area contributed by atoms with Crippen LogP contribution in [0.1, 0.15) is 66.4 Å². The Hall–Kier alpha value is -2.69. The van der Waals surface area contributed by atoms with Gasteiger partial charge in [-0.2, -0.15) is 0 Å². The predicted octanol–water partition coefficient (Wildman–Crippen LogP) is 4.10. The number of nitrogens with two attached hydrogens (primary N) is 1. The second kappa shape index (κ2) is 17.4. The molecule has 2 aromatic rings. The van der Waals surface area contributed by atoms with E-state index in [1.165, 1.54) is 0 Å². The zero-order chi connectivity index (χ0) is 31.3. The van der Waals surface area contributed by atoms with E-state index in [2.05, 4.69) is 49.4 Å². The van der Waals surface area contributed by atoms with Crippen LogP contribution >= 0.6 is 0 Å². The number of amides is 1. The Kier molecular flexibility index (Phi) is 14.7. The van der Waals surface area contributed by atoms with Crippen molar-refractivity contribution < 1.29 is 24.1 Å². The van der Waals surface area contributed by atoms with E-state index in [1.807, 2.05) is 32.2 Å². The molecule has 0 aliphatic rings. The second-order valence-corrected chi connectivity index (χ2v) is 12.9. The van der Waals surface area contributed by atoms with Crippen LogP contribution in [0.3, 0.4) is 0 Å². The van der Waals surface area contributed by atoms with Crippen LogP contribution in [0, 0.1) is 29.1 Å². The van der Waals surface area contributed by atoms with Crippen molar-refractivity contribution in [3.8, 4) is 11.5 Å². The molecule has 0 aliphatic heterocycles. The fourth-order valence-corrected chi connectivity index (χ4v) is 5.13. The zero-order valence-corrected chi connectivity index (χ0v) is 27.0. The third-order valence-corrected chi connectivity index (χ3v) is 7.93. The number of nitrogens with zero attached hydrogens (tertiary/aromatic N) is 3. The molecule has 0 saturated heterocycles. The summed E-state index contributed by atoms with van der Waals surface area (Å²) in [5.74, 6) is 1.68. The van der Waals surface area contributed by atoms with Crippen LogP contribution in [0.2, 0.25) is 0 Å². The highest BCUT2D eigenvalue weighted by Gasteiger charge is 2.31. The lowest BCUT2D eigenvalue weighted by atomic mass is 9.80. The van der Waals surface area contributed by atoms with Crippen LogP contribution in [0.4, 0.5) is 0 Å². The monoisotopic (exact) mass is 589 g/mol. The van der Waals surface area contributed by atoms with Gasteiger partial charge < -0.3 is 30.4 Å². The van der Waals surface area contributed by atoms with E-state index in [1.54, 1.807) is 25.1 Å². The lowest BCUT2D eigenvalue weighted by molar-refractivity contribution is -0.128. The molecule has 0 saturated carbocycles. The molecule has 10 nitrogen and oxygen atoms in total. The molecular formula is C32H55N5O5. The highest BCUT2D eigenvalue weighted by atomic mass is 16.5. The zero-order valence-electron chi connectivity index (χ0n) is 27.0. The average Bonchev–Trinajstić information content (AvgIpc) is 3.44. The molecule has 0 bridgehead atoms. The number of ether oxygens (including phenoxy) is 3. The molecule has 0 spiro atoms. The van der Waals surface area contributed by atoms with Gasteiger partial charge in [0.2, 0.25) is 5.91 Å². The number of nitrogens with one attached hydrogen (secondary N) is 1. The molecule has 10 heteroatoms. The Labute approximate surface area is 252 Å². The first kappa shape index (κ1) is 35.5. The number of aliphatic hydroxyl groups excluding tert-OH is 1. The topological polar surface area (TPSA) is 134 Å². The van der Waals surface area contributed by atoms with Gasteiger partial charge in [-0.1, -0.05) is 52.8 Å². The molecule has 0 unspecified atom stereocenters. The summed E-state index contributed by atoms with van der Waals surface area (Å²) in [6, 6.07) is 5.58. The Morgan fingerprint density at radius 1 is 1.10 bits per heavy atom. The van der Waals surface area contributed by atoms with Gasteiger partial charge in [0.15, 0.2) is 11.5 Å². The maximum atomic E-state index is 13.2. The SMILES string of the molecule is COCCCOc1cc(C[C@@H](C[C@H](N)[C@@H](O)C[C@H](C(=O)NCC(C)(C)Cn2ccnn2)C(C)C)C(C)C)ccc1OC. The van der Waals surface area contributed by atoms with Crippen molar-refractivity contribution in [2.24, 2.45) is 34.8 Å². The van der Waals surface area contributed by atoms with Crippen molar-refractivity contribution in [2.45, 2.75) is 85.9 Å². The van der Waals surface area contributed by atoms with E-state index >= 15 is 0 Å². The lowest BCUT2D eigenvalue weighted by Crippen LogP contribution is -2.44. The summed E-state index contributed by atoms with van der Waals surface area (Å²) in [4.78, 5) is 13.2. The van der Waals surface area contributed by atoms with Gasteiger partial charge >= 0.3 is 0 Å². The van der Waals surface area contributed by atoms with Crippen molar-refractivity contribution in [1.29, 1.82) is 0 Å². The van der Waals surface area contributed by atoms with Gasteiger partial charge in [-0.3, -0.25) is 9.48 Å². The molecule has 238 valence electrons. The predicted molar refractivity (Wildman–Crippen MR) is 165 cm³/mol. The van der Waals surface area contributed by atoms with E-state index in [0.717, 1.165) is 18.4 Å². The normalized spacial score (nSPS) is 15.0.